The third kappa shape index (κ3) is 4.14. The van der Waals surface area contributed by atoms with E-state index in [0.29, 0.717) is 11.5 Å². The standard InChI is InChI=1S/C19H21N3O7/c1-10-16(24)14(9-23)29-18(10)22-5-4-15(21-19(22)26)20-17(25)11-6-12(27-2)8-13(7-11)28-3/h4-8,14,16,18,23-24H,1,9H2,2-3H3,(H,20,21,25,26)/t14-,16+,18-/m1/s1. The number of nitrogens with one attached hydrogen (secondary N) is 1. The van der Waals surface area contributed by atoms with Crippen molar-refractivity contribution in [2.75, 3.05) is 26.1 Å². The lowest BCUT2D eigenvalue weighted by molar-refractivity contribution is -0.0447. The van der Waals surface area contributed by atoms with Gasteiger partial charge in [-0.3, -0.25) is 9.36 Å². The lowest BCUT2D eigenvalue weighted by atomic mass is 10.1. The predicted octanol–water partition coefficient (Wildman–Crippen LogP) is 0.320. The number of amides is 1. The maximum absolute atomic E-state index is 12.5. The van der Waals surface area contributed by atoms with Gasteiger partial charge in [0.15, 0.2) is 6.23 Å². The van der Waals surface area contributed by atoms with E-state index in [-0.39, 0.29) is 17.0 Å². The Bertz CT molecular complexity index is 966. The number of carbonyl (C=O) groups excluding carboxylic acids is 1. The van der Waals surface area contributed by atoms with Crippen LogP contribution in [0.15, 0.2) is 47.4 Å². The van der Waals surface area contributed by atoms with Gasteiger partial charge in [-0.2, -0.15) is 4.98 Å². The molecule has 0 bridgehead atoms. The molecule has 1 fully saturated rings. The van der Waals surface area contributed by atoms with E-state index in [1.54, 1.807) is 6.07 Å². The number of hydrogen-bond donors (Lipinski definition) is 3. The lowest BCUT2D eigenvalue weighted by Crippen LogP contribution is -2.29. The van der Waals surface area contributed by atoms with Crippen molar-refractivity contribution in [2.45, 2.75) is 18.4 Å². The van der Waals surface area contributed by atoms with E-state index < -0.39 is 36.6 Å². The highest BCUT2D eigenvalue weighted by molar-refractivity contribution is 6.04. The van der Waals surface area contributed by atoms with Gasteiger partial charge in [-0.05, 0) is 18.2 Å². The minimum absolute atomic E-state index is 0.0286. The van der Waals surface area contributed by atoms with Crippen LogP contribution in [-0.2, 0) is 4.74 Å². The molecule has 154 valence electrons. The fourth-order valence-corrected chi connectivity index (χ4v) is 2.89. The van der Waals surface area contributed by atoms with Gasteiger partial charge in [-0.1, -0.05) is 6.58 Å². The molecule has 3 N–H and O–H groups in total. The average molecular weight is 403 g/mol. The summed E-state index contributed by atoms with van der Waals surface area (Å²) in [7, 11) is 2.93. The topological polar surface area (TPSA) is 132 Å². The maximum atomic E-state index is 12.5. The summed E-state index contributed by atoms with van der Waals surface area (Å²) in [5, 5.41) is 21.7. The molecule has 1 saturated heterocycles. The summed E-state index contributed by atoms with van der Waals surface area (Å²) in [5.74, 6) is 0.392. The summed E-state index contributed by atoms with van der Waals surface area (Å²) >= 11 is 0. The van der Waals surface area contributed by atoms with Crippen molar-refractivity contribution in [1.29, 1.82) is 0 Å². The predicted molar refractivity (Wildman–Crippen MR) is 102 cm³/mol. The summed E-state index contributed by atoms with van der Waals surface area (Å²) in [6.45, 7) is 3.29. The molecule has 2 aromatic rings. The molecular formula is C19H21N3O7. The molecule has 1 aliphatic rings. The van der Waals surface area contributed by atoms with Crippen molar-refractivity contribution in [2.24, 2.45) is 0 Å². The van der Waals surface area contributed by atoms with Crippen molar-refractivity contribution in [1.82, 2.24) is 9.55 Å². The highest BCUT2D eigenvalue weighted by atomic mass is 16.5. The van der Waals surface area contributed by atoms with Crippen LogP contribution in [0.5, 0.6) is 11.5 Å². The second-order valence-corrected chi connectivity index (χ2v) is 6.29. The minimum Gasteiger partial charge on any atom is -0.497 e. The van der Waals surface area contributed by atoms with Crippen molar-refractivity contribution >= 4 is 11.7 Å². The molecule has 10 nitrogen and oxygen atoms in total. The summed E-state index contributed by atoms with van der Waals surface area (Å²) in [6.07, 6.45) is -1.57. The van der Waals surface area contributed by atoms with Crippen molar-refractivity contribution in [3.63, 3.8) is 0 Å². The zero-order chi connectivity index (χ0) is 21.1. The van der Waals surface area contributed by atoms with E-state index >= 15 is 0 Å². The molecule has 0 aliphatic carbocycles. The first-order chi connectivity index (χ1) is 13.9. The third-order valence-corrected chi connectivity index (χ3v) is 4.47. The van der Waals surface area contributed by atoms with Gasteiger partial charge in [0.05, 0.1) is 20.8 Å². The van der Waals surface area contributed by atoms with Crippen LogP contribution < -0.4 is 20.5 Å². The van der Waals surface area contributed by atoms with Gasteiger partial charge in [-0.15, -0.1) is 0 Å². The molecule has 1 aliphatic heterocycles. The highest BCUT2D eigenvalue weighted by Gasteiger charge is 2.38. The number of aromatic nitrogens is 2. The fraction of sp³-hybridized carbons (Fsp3) is 0.316. The van der Waals surface area contributed by atoms with E-state index in [1.165, 1.54) is 38.6 Å². The number of benzene rings is 1. The van der Waals surface area contributed by atoms with Gasteiger partial charge in [0.2, 0.25) is 0 Å². The molecule has 0 spiro atoms. The van der Waals surface area contributed by atoms with Gasteiger partial charge in [0.1, 0.15) is 29.5 Å². The molecular weight excluding hydrogens is 382 g/mol. The number of methoxy groups -OCH3 is 2. The van der Waals surface area contributed by atoms with Crippen molar-refractivity contribution in [3.8, 4) is 11.5 Å². The Morgan fingerprint density at radius 3 is 2.48 bits per heavy atom. The molecule has 3 atom stereocenters. The first kappa shape index (κ1) is 20.5. The first-order valence-electron chi connectivity index (χ1n) is 8.64. The number of aliphatic hydroxyl groups is 2. The smallest absolute Gasteiger partial charge is 0.351 e. The highest BCUT2D eigenvalue weighted by Crippen LogP contribution is 2.31. The average Bonchev–Trinajstić information content (AvgIpc) is 3.01. The Hall–Kier alpha value is -3.21. The van der Waals surface area contributed by atoms with E-state index in [2.05, 4.69) is 16.9 Å². The normalized spacial score (nSPS) is 21.1. The minimum atomic E-state index is -1.10. The van der Waals surface area contributed by atoms with Crippen LogP contribution in [-0.4, -0.2) is 58.7 Å². The lowest BCUT2D eigenvalue weighted by Gasteiger charge is -2.15. The van der Waals surface area contributed by atoms with Gasteiger partial charge in [-0.25, -0.2) is 4.79 Å². The van der Waals surface area contributed by atoms with Gasteiger partial charge in [0, 0.05) is 23.4 Å². The Kier molecular flexibility index (Phi) is 5.97. The quantitative estimate of drug-likeness (QED) is 0.588. The molecule has 1 aromatic heterocycles. The molecule has 1 amide bonds. The second-order valence-electron chi connectivity index (χ2n) is 6.29. The monoisotopic (exact) mass is 403 g/mol. The molecule has 0 radical (unpaired) electrons. The van der Waals surface area contributed by atoms with Crippen LogP contribution in [0.1, 0.15) is 16.6 Å². The number of rotatable bonds is 6. The summed E-state index contributed by atoms with van der Waals surface area (Å²) in [6, 6.07) is 6.07. The van der Waals surface area contributed by atoms with Gasteiger partial charge < -0.3 is 29.7 Å². The SMILES string of the molecule is C=C1[C@H](n2ccc(NC(=O)c3cc(OC)cc(OC)c3)nc2=O)O[C@H](CO)[C@H]1O. The molecule has 0 saturated carbocycles. The van der Waals surface area contributed by atoms with Gasteiger partial charge >= 0.3 is 5.69 Å². The Morgan fingerprint density at radius 2 is 1.97 bits per heavy atom. The molecule has 2 heterocycles. The third-order valence-electron chi connectivity index (χ3n) is 4.47. The fourth-order valence-electron chi connectivity index (χ4n) is 2.89. The zero-order valence-corrected chi connectivity index (χ0v) is 15.9. The van der Waals surface area contributed by atoms with Crippen molar-refractivity contribution in [3.05, 3.63) is 58.7 Å². The summed E-state index contributed by atoms with van der Waals surface area (Å²) in [5.41, 5.74) is -0.232. The van der Waals surface area contributed by atoms with Crippen LogP contribution in [0, 0.1) is 0 Å². The number of aliphatic hydroxyl groups excluding tert-OH is 2. The Labute approximate surface area is 166 Å². The molecule has 29 heavy (non-hydrogen) atoms. The largest absolute Gasteiger partial charge is 0.497 e. The first-order valence-corrected chi connectivity index (χ1v) is 8.64. The van der Waals surface area contributed by atoms with E-state index in [1.807, 2.05) is 0 Å². The van der Waals surface area contributed by atoms with Crippen LogP contribution >= 0.6 is 0 Å². The van der Waals surface area contributed by atoms with Crippen LogP contribution in [0.25, 0.3) is 0 Å². The van der Waals surface area contributed by atoms with Crippen molar-refractivity contribution < 1.29 is 29.2 Å². The number of nitrogens with zero attached hydrogens (tertiary/aromatic N) is 2. The Morgan fingerprint density at radius 1 is 1.31 bits per heavy atom. The van der Waals surface area contributed by atoms with E-state index in [9.17, 15) is 19.8 Å². The summed E-state index contributed by atoms with van der Waals surface area (Å²) in [4.78, 5) is 28.7. The van der Waals surface area contributed by atoms with E-state index in [4.69, 9.17) is 14.2 Å². The molecule has 0 unspecified atom stereocenters. The Balaban J connectivity index is 1.80. The summed E-state index contributed by atoms with van der Waals surface area (Å²) < 4.78 is 16.8. The maximum Gasteiger partial charge on any atom is 0.351 e. The van der Waals surface area contributed by atoms with Crippen LogP contribution in [0.4, 0.5) is 5.82 Å². The molecule has 3 rings (SSSR count). The molecule has 10 heteroatoms. The number of carbonyl (C=O) groups is 1. The second kappa shape index (κ2) is 8.43. The zero-order valence-electron chi connectivity index (χ0n) is 15.9. The number of anilines is 1. The van der Waals surface area contributed by atoms with Gasteiger partial charge in [0.25, 0.3) is 5.91 Å². The van der Waals surface area contributed by atoms with Crippen LogP contribution in [0.3, 0.4) is 0 Å². The van der Waals surface area contributed by atoms with E-state index in [0.717, 1.165) is 4.57 Å². The number of ether oxygens (including phenoxy) is 3. The van der Waals surface area contributed by atoms with Crippen LogP contribution in [0.2, 0.25) is 0 Å². The molecule has 1 aromatic carbocycles. The number of hydrogen-bond acceptors (Lipinski definition) is 8.